The van der Waals surface area contributed by atoms with Crippen molar-refractivity contribution in [1.29, 1.82) is 0 Å². The van der Waals surface area contributed by atoms with E-state index >= 15 is 0 Å². The summed E-state index contributed by atoms with van der Waals surface area (Å²) in [5, 5.41) is 16.2. The van der Waals surface area contributed by atoms with Gasteiger partial charge in [-0.3, -0.25) is 0 Å². The zero-order valence-electron chi connectivity index (χ0n) is 22.7. The first-order valence-electron chi connectivity index (χ1n) is 13.6. The van der Waals surface area contributed by atoms with Gasteiger partial charge in [-0.25, -0.2) is 19.9 Å². The number of anilines is 2. The smallest absolute Gasteiger partial charge is 0.228 e. The summed E-state index contributed by atoms with van der Waals surface area (Å²) in [6.07, 6.45) is 7.03. The van der Waals surface area contributed by atoms with E-state index in [0.29, 0.717) is 0 Å². The monoisotopic (exact) mass is 586 g/mol. The molecule has 12 nitrogen and oxygen atoms in total. The molecule has 0 amide bonds. The maximum Gasteiger partial charge on any atom is 0.228 e. The van der Waals surface area contributed by atoms with Gasteiger partial charge in [0.2, 0.25) is 11.9 Å². The van der Waals surface area contributed by atoms with Crippen molar-refractivity contribution in [2.24, 2.45) is 0 Å². The molecule has 8 heterocycles. The fraction of sp³-hybridized carbons (Fsp3) is 0.333. The molecule has 0 aliphatic carbocycles. The third kappa shape index (κ3) is 5.14. The molecule has 2 aliphatic rings. The lowest BCUT2D eigenvalue weighted by molar-refractivity contribution is 0.310. The van der Waals surface area contributed by atoms with Crippen LogP contribution in [0.1, 0.15) is 0 Å². The predicted molar refractivity (Wildman–Crippen MR) is 163 cm³/mol. The molecule has 6 aromatic heterocycles. The third-order valence-corrected chi connectivity index (χ3v) is 9.14. The Bertz CT molecular complexity index is 1710. The van der Waals surface area contributed by atoms with Crippen molar-refractivity contribution in [3.63, 3.8) is 0 Å². The first kappa shape index (κ1) is 26.0. The number of rotatable bonds is 4. The predicted octanol–water partition coefficient (Wildman–Crippen LogP) is 2.87. The average Bonchev–Trinajstić information content (AvgIpc) is 3.85. The van der Waals surface area contributed by atoms with Gasteiger partial charge >= 0.3 is 0 Å². The molecule has 0 radical (unpaired) electrons. The maximum atomic E-state index is 4.66. The molecule has 0 spiro atoms. The molecule has 0 aromatic carbocycles. The normalized spacial score (nSPS) is 16.3. The Morgan fingerprint density at radius 3 is 1.66 bits per heavy atom. The van der Waals surface area contributed by atoms with Crippen molar-refractivity contribution < 1.29 is 0 Å². The van der Waals surface area contributed by atoms with E-state index in [0.717, 1.165) is 86.7 Å². The van der Waals surface area contributed by atoms with Crippen molar-refractivity contribution in [3.8, 4) is 20.9 Å². The molecule has 0 atom stereocenters. The van der Waals surface area contributed by atoms with Crippen LogP contribution >= 0.6 is 22.7 Å². The lowest BCUT2D eigenvalue weighted by Gasteiger charge is -2.32. The molecule has 210 valence electrons. The van der Waals surface area contributed by atoms with E-state index in [9.17, 15) is 0 Å². The lowest BCUT2D eigenvalue weighted by atomic mass is 10.2. The molecule has 0 saturated carbocycles. The van der Waals surface area contributed by atoms with Gasteiger partial charge in [0.1, 0.15) is 12.7 Å². The lowest BCUT2D eigenvalue weighted by Crippen LogP contribution is -2.45. The number of thiophene rings is 2. The van der Waals surface area contributed by atoms with Crippen LogP contribution in [0.4, 0.5) is 11.9 Å². The number of nitrogens with one attached hydrogen (secondary N) is 1. The van der Waals surface area contributed by atoms with Crippen LogP contribution in [0.25, 0.3) is 32.2 Å². The van der Waals surface area contributed by atoms with Gasteiger partial charge in [-0.1, -0.05) is 12.1 Å². The molecule has 2 saturated heterocycles. The summed E-state index contributed by atoms with van der Waals surface area (Å²) in [6, 6.07) is 8.26. The van der Waals surface area contributed by atoms with Crippen molar-refractivity contribution in [3.05, 3.63) is 60.1 Å². The van der Waals surface area contributed by atoms with Gasteiger partial charge in [0.15, 0.2) is 11.3 Å². The molecule has 6 aromatic rings. The highest BCUT2D eigenvalue weighted by atomic mass is 32.1. The van der Waals surface area contributed by atoms with Crippen LogP contribution in [0.2, 0.25) is 0 Å². The van der Waals surface area contributed by atoms with Crippen LogP contribution in [-0.4, -0.2) is 103 Å². The minimum Gasteiger partial charge on any atom is -0.338 e. The number of nitrogens with zero attached hydrogens (tertiary/aromatic N) is 11. The van der Waals surface area contributed by atoms with E-state index in [2.05, 4.69) is 80.1 Å². The van der Waals surface area contributed by atoms with Crippen molar-refractivity contribution in [2.45, 2.75) is 0 Å². The summed E-state index contributed by atoms with van der Waals surface area (Å²) in [5.41, 5.74) is 3.83. The van der Waals surface area contributed by atoms with Gasteiger partial charge in [-0.15, -0.1) is 22.7 Å². The van der Waals surface area contributed by atoms with Crippen LogP contribution in [0, 0.1) is 0 Å². The van der Waals surface area contributed by atoms with E-state index in [1.807, 2.05) is 33.6 Å². The molecular formula is C27H30N12S2. The highest BCUT2D eigenvalue weighted by Gasteiger charge is 2.21. The number of likely N-dealkylation sites (N-methyl/N-ethyl adjacent to an activating group) is 1. The highest BCUT2D eigenvalue weighted by molar-refractivity contribution is 7.13. The summed E-state index contributed by atoms with van der Waals surface area (Å²) >= 11 is 3.39. The van der Waals surface area contributed by atoms with Crippen molar-refractivity contribution in [1.82, 2.24) is 49.4 Å². The number of hydrogen-bond acceptors (Lipinski definition) is 12. The van der Waals surface area contributed by atoms with Crippen LogP contribution in [0.5, 0.6) is 0 Å². The first-order chi connectivity index (χ1) is 20.3. The Morgan fingerprint density at radius 1 is 0.659 bits per heavy atom. The molecule has 0 unspecified atom stereocenters. The van der Waals surface area contributed by atoms with E-state index in [4.69, 9.17) is 0 Å². The molecule has 14 heteroatoms. The van der Waals surface area contributed by atoms with Gasteiger partial charge in [-0.2, -0.15) is 19.2 Å². The molecular weight excluding hydrogens is 557 g/mol. The first-order valence-corrected chi connectivity index (χ1v) is 15.4. The van der Waals surface area contributed by atoms with Gasteiger partial charge in [0, 0.05) is 74.5 Å². The Kier molecular flexibility index (Phi) is 7.27. The summed E-state index contributed by atoms with van der Waals surface area (Å²) in [5.74, 6) is 1.76. The van der Waals surface area contributed by atoms with E-state index in [1.165, 1.54) is 9.75 Å². The quantitative estimate of drug-likeness (QED) is 0.331. The molecule has 8 rings (SSSR count). The number of hydrogen-bond donors (Lipinski definition) is 1. The summed E-state index contributed by atoms with van der Waals surface area (Å²) in [4.78, 5) is 27.3. The fourth-order valence-electron chi connectivity index (χ4n) is 5.13. The van der Waals surface area contributed by atoms with Crippen molar-refractivity contribution in [2.75, 3.05) is 69.2 Å². The van der Waals surface area contributed by atoms with Gasteiger partial charge in [-0.05, 0) is 29.9 Å². The van der Waals surface area contributed by atoms with Crippen LogP contribution in [-0.2, 0) is 0 Å². The Balaban J connectivity index is 0.000000135. The Morgan fingerprint density at radius 2 is 1.17 bits per heavy atom. The number of piperazine rings is 2. The summed E-state index contributed by atoms with van der Waals surface area (Å²) in [7, 11) is 2.15. The maximum absolute atomic E-state index is 4.66. The highest BCUT2D eigenvalue weighted by Crippen LogP contribution is 2.30. The zero-order valence-corrected chi connectivity index (χ0v) is 24.3. The van der Waals surface area contributed by atoms with Crippen LogP contribution in [0.15, 0.2) is 60.1 Å². The summed E-state index contributed by atoms with van der Waals surface area (Å²) < 4.78 is 3.71. The second-order valence-electron chi connectivity index (χ2n) is 9.92. The van der Waals surface area contributed by atoms with Crippen molar-refractivity contribution >= 4 is 45.9 Å². The Labute approximate surface area is 244 Å². The molecule has 1 N–H and O–H groups in total. The average molecular weight is 587 g/mol. The Hall–Kier alpha value is -3.98. The second-order valence-corrected chi connectivity index (χ2v) is 11.8. The standard InChI is InChI=1S/C14H16N6S.C13H14N6S/c1-18-4-6-19(7-5-18)14-15-9-11(12-3-2-8-21-12)13-16-10-17-20(13)14;1-2-11(20-7-1)10-8-15-13(18-5-3-14-4-6-18)19-12(10)16-9-17-19/h2-3,8-10H,4-7H2,1H3;1-2,7-9,14H,3-6H2. The number of fused-ring (bicyclic) bond motifs is 2. The van der Waals surface area contributed by atoms with Crippen LogP contribution in [0.3, 0.4) is 0 Å². The fourth-order valence-corrected chi connectivity index (χ4v) is 6.59. The van der Waals surface area contributed by atoms with Crippen LogP contribution < -0.4 is 15.1 Å². The molecule has 0 bridgehead atoms. The zero-order chi connectivity index (χ0) is 27.6. The largest absolute Gasteiger partial charge is 0.338 e. The van der Waals surface area contributed by atoms with Gasteiger partial charge < -0.3 is 20.0 Å². The minimum absolute atomic E-state index is 0.871. The summed E-state index contributed by atoms with van der Waals surface area (Å²) in [6.45, 7) is 7.87. The van der Waals surface area contributed by atoms with Gasteiger partial charge in [0.25, 0.3) is 0 Å². The topological polar surface area (TPSA) is 108 Å². The van der Waals surface area contributed by atoms with Gasteiger partial charge in [0.05, 0.1) is 11.1 Å². The third-order valence-electron chi connectivity index (χ3n) is 7.33. The van der Waals surface area contributed by atoms with E-state index < -0.39 is 0 Å². The minimum atomic E-state index is 0.871. The molecule has 41 heavy (non-hydrogen) atoms. The van der Waals surface area contributed by atoms with E-state index in [-0.39, 0.29) is 0 Å². The number of aromatic nitrogens is 8. The molecule has 2 fully saturated rings. The second kappa shape index (κ2) is 11.5. The molecule has 2 aliphatic heterocycles. The van der Waals surface area contributed by atoms with E-state index in [1.54, 1.807) is 35.3 Å². The SMILES string of the molecule is CN1CCN(c2ncc(-c3cccs3)c3ncnn23)CC1.c1csc(-c2cnc(N3CCNCC3)n3ncnc23)c1.